The minimum absolute atomic E-state index is 0.275. The molecule has 0 radical (unpaired) electrons. The second kappa shape index (κ2) is 7.33. The molecule has 108 valence electrons. The zero-order valence-electron chi connectivity index (χ0n) is 10.9. The summed E-state index contributed by atoms with van der Waals surface area (Å²) in [5.41, 5.74) is 0. The van der Waals surface area contributed by atoms with Gasteiger partial charge in [0, 0.05) is 17.1 Å². The van der Waals surface area contributed by atoms with E-state index in [0.717, 1.165) is 6.07 Å². The van der Waals surface area contributed by atoms with Gasteiger partial charge in [-0.3, -0.25) is 0 Å². The second-order valence-corrected chi connectivity index (χ2v) is 7.09. The molecule has 0 saturated carbocycles. The molecule has 0 heterocycles. The molecule has 0 spiro atoms. The lowest BCUT2D eigenvalue weighted by Crippen LogP contribution is -2.30. The van der Waals surface area contributed by atoms with Crippen LogP contribution in [-0.2, 0) is 10.0 Å². The Balaban J connectivity index is 2.56. The number of hydrogen-bond acceptors (Lipinski definition) is 3. The molecule has 0 amide bonds. The van der Waals surface area contributed by atoms with Gasteiger partial charge in [-0.1, -0.05) is 29.8 Å². The minimum atomic E-state index is -3.78. The smallest absolute Gasteiger partial charge is 0.243 e. The summed E-state index contributed by atoms with van der Waals surface area (Å²) in [6, 6.07) is 4.24. The van der Waals surface area contributed by atoms with E-state index in [1.54, 1.807) is 0 Å². The number of nitrogens with one attached hydrogen (secondary N) is 2. The Morgan fingerprint density at radius 2 is 2.00 bits per heavy atom. The Kier molecular flexibility index (Phi) is 6.38. The number of benzene rings is 1. The molecule has 0 aromatic heterocycles. The van der Waals surface area contributed by atoms with Gasteiger partial charge in [-0.15, -0.1) is 0 Å². The Labute approximate surface area is 122 Å². The van der Waals surface area contributed by atoms with Gasteiger partial charge in [0.15, 0.2) is 0 Å². The van der Waals surface area contributed by atoms with Gasteiger partial charge in [0.25, 0.3) is 0 Å². The van der Waals surface area contributed by atoms with Crippen molar-refractivity contribution >= 4 is 26.0 Å². The van der Waals surface area contributed by atoms with Crippen LogP contribution >= 0.6 is 15.9 Å². The lowest BCUT2D eigenvalue weighted by Gasteiger charge is -2.10. The van der Waals surface area contributed by atoms with E-state index in [2.05, 4.69) is 26.0 Å². The highest BCUT2D eigenvalue weighted by molar-refractivity contribution is 9.10. The topological polar surface area (TPSA) is 58.2 Å². The van der Waals surface area contributed by atoms with Crippen molar-refractivity contribution in [3.05, 3.63) is 28.5 Å². The van der Waals surface area contributed by atoms with E-state index in [1.165, 1.54) is 12.1 Å². The summed E-state index contributed by atoms with van der Waals surface area (Å²) >= 11 is 3.09. The van der Waals surface area contributed by atoms with Crippen molar-refractivity contribution in [3.63, 3.8) is 0 Å². The minimum Gasteiger partial charge on any atom is -0.314 e. The highest BCUT2D eigenvalue weighted by atomic mass is 79.9. The van der Waals surface area contributed by atoms with E-state index >= 15 is 0 Å². The normalized spacial score (nSPS) is 12.1. The standard InChI is InChI=1S/C12H18BrFN2O2S/c1-9(2)15-6-3-7-16-19(17,18)12-5-4-10(13)8-11(12)14/h4-5,8-9,15-16H,3,6-7H2,1-2H3. The molecule has 0 aliphatic carbocycles. The number of rotatable bonds is 7. The van der Waals surface area contributed by atoms with Gasteiger partial charge in [-0.05, 0) is 31.2 Å². The lowest BCUT2D eigenvalue weighted by atomic mass is 10.3. The molecule has 0 bridgehead atoms. The zero-order chi connectivity index (χ0) is 14.5. The summed E-state index contributed by atoms with van der Waals surface area (Å²) in [5.74, 6) is -0.762. The molecule has 19 heavy (non-hydrogen) atoms. The molecule has 0 unspecified atom stereocenters. The highest BCUT2D eigenvalue weighted by Gasteiger charge is 2.18. The van der Waals surface area contributed by atoms with Crippen LogP contribution in [0.25, 0.3) is 0 Å². The first kappa shape index (κ1) is 16.6. The summed E-state index contributed by atoms with van der Waals surface area (Å²) in [5, 5.41) is 3.18. The Bertz CT molecular complexity index is 520. The van der Waals surface area contributed by atoms with Crippen molar-refractivity contribution in [1.82, 2.24) is 10.0 Å². The molecule has 0 fully saturated rings. The zero-order valence-corrected chi connectivity index (χ0v) is 13.3. The van der Waals surface area contributed by atoms with E-state index in [1.807, 2.05) is 13.8 Å². The van der Waals surface area contributed by atoms with Crippen LogP contribution in [-0.4, -0.2) is 27.5 Å². The first-order valence-electron chi connectivity index (χ1n) is 6.01. The summed E-state index contributed by atoms with van der Waals surface area (Å²) in [4.78, 5) is -0.326. The number of hydrogen-bond donors (Lipinski definition) is 2. The summed E-state index contributed by atoms with van der Waals surface area (Å²) in [6.45, 7) is 5.02. The predicted octanol–water partition coefficient (Wildman–Crippen LogP) is 2.25. The third kappa shape index (κ3) is 5.56. The van der Waals surface area contributed by atoms with E-state index < -0.39 is 15.8 Å². The molecule has 0 aliphatic heterocycles. The van der Waals surface area contributed by atoms with Crippen LogP contribution in [0.5, 0.6) is 0 Å². The van der Waals surface area contributed by atoms with Crippen molar-refractivity contribution in [2.75, 3.05) is 13.1 Å². The Hall–Kier alpha value is -0.500. The highest BCUT2D eigenvalue weighted by Crippen LogP contribution is 2.19. The van der Waals surface area contributed by atoms with Crippen LogP contribution in [0, 0.1) is 5.82 Å². The maximum Gasteiger partial charge on any atom is 0.243 e. The van der Waals surface area contributed by atoms with Crippen LogP contribution in [0.15, 0.2) is 27.6 Å². The summed E-state index contributed by atoms with van der Waals surface area (Å²) in [6.07, 6.45) is 0.648. The van der Waals surface area contributed by atoms with Crippen LogP contribution < -0.4 is 10.0 Å². The van der Waals surface area contributed by atoms with Crippen molar-refractivity contribution < 1.29 is 12.8 Å². The van der Waals surface area contributed by atoms with E-state index in [0.29, 0.717) is 23.5 Å². The molecule has 1 aromatic carbocycles. The van der Waals surface area contributed by atoms with Gasteiger partial charge in [0.2, 0.25) is 10.0 Å². The molecule has 1 rings (SSSR count). The maximum absolute atomic E-state index is 13.6. The first-order chi connectivity index (χ1) is 8.83. The molecule has 0 saturated heterocycles. The van der Waals surface area contributed by atoms with Crippen molar-refractivity contribution in [3.8, 4) is 0 Å². The van der Waals surface area contributed by atoms with E-state index in [-0.39, 0.29) is 11.4 Å². The second-order valence-electron chi connectivity index (χ2n) is 4.43. The average molecular weight is 353 g/mol. The van der Waals surface area contributed by atoms with E-state index in [9.17, 15) is 12.8 Å². The van der Waals surface area contributed by atoms with Crippen LogP contribution in [0.4, 0.5) is 4.39 Å². The largest absolute Gasteiger partial charge is 0.314 e. The average Bonchev–Trinajstić information content (AvgIpc) is 2.27. The van der Waals surface area contributed by atoms with Crippen LogP contribution in [0.2, 0.25) is 0 Å². The summed E-state index contributed by atoms with van der Waals surface area (Å²) in [7, 11) is -3.78. The van der Waals surface area contributed by atoms with E-state index in [4.69, 9.17) is 0 Å². The van der Waals surface area contributed by atoms with Gasteiger partial charge in [0.05, 0.1) is 0 Å². The molecule has 2 N–H and O–H groups in total. The Morgan fingerprint density at radius 3 is 2.58 bits per heavy atom. The molecule has 0 atom stereocenters. The third-order valence-corrected chi connectivity index (χ3v) is 4.37. The molecular weight excluding hydrogens is 335 g/mol. The molecule has 1 aromatic rings. The number of halogens is 2. The molecular formula is C12H18BrFN2O2S. The van der Waals surface area contributed by atoms with Crippen molar-refractivity contribution in [1.29, 1.82) is 0 Å². The maximum atomic E-state index is 13.6. The lowest BCUT2D eigenvalue weighted by molar-refractivity contribution is 0.544. The fraction of sp³-hybridized carbons (Fsp3) is 0.500. The Morgan fingerprint density at radius 1 is 1.32 bits per heavy atom. The van der Waals surface area contributed by atoms with Gasteiger partial charge in [-0.25, -0.2) is 17.5 Å². The van der Waals surface area contributed by atoms with Crippen molar-refractivity contribution in [2.24, 2.45) is 0 Å². The van der Waals surface area contributed by atoms with Gasteiger partial charge >= 0.3 is 0 Å². The SMILES string of the molecule is CC(C)NCCCNS(=O)(=O)c1ccc(Br)cc1F. The first-order valence-corrected chi connectivity index (χ1v) is 8.28. The predicted molar refractivity (Wildman–Crippen MR) is 77.0 cm³/mol. The quantitative estimate of drug-likeness (QED) is 0.740. The third-order valence-electron chi connectivity index (χ3n) is 2.38. The van der Waals surface area contributed by atoms with Gasteiger partial charge in [-0.2, -0.15) is 0 Å². The fourth-order valence-electron chi connectivity index (χ4n) is 1.46. The van der Waals surface area contributed by atoms with Gasteiger partial charge < -0.3 is 5.32 Å². The van der Waals surface area contributed by atoms with Crippen molar-refractivity contribution in [2.45, 2.75) is 31.2 Å². The monoisotopic (exact) mass is 352 g/mol. The molecule has 7 heteroatoms. The van der Waals surface area contributed by atoms with Gasteiger partial charge in [0.1, 0.15) is 10.7 Å². The number of sulfonamides is 1. The fourth-order valence-corrected chi connectivity index (χ4v) is 2.92. The van der Waals surface area contributed by atoms with Crippen LogP contribution in [0.3, 0.4) is 0 Å². The summed E-state index contributed by atoms with van der Waals surface area (Å²) < 4.78 is 40.2. The van der Waals surface area contributed by atoms with Crippen LogP contribution in [0.1, 0.15) is 20.3 Å². The molecule has 4 nitrogen and oxygen atoms in total. The molecule has 0 aliphatic rings.